The van der Waals surface area contributed by atoms with E-state index in [2.05, 4.69) is 16.2 Å². The van der Waals surface area contributed by atoms with E-state index in [9.17, 15) is 9.60 Å². The van der Waals surface area contributed by atoms with Gasteiger partial charge in [-0.1, -0.05) is 41.6 Å². The van der Waals surface area contributed by atoms with Gasteiger partial charge >= 0.3 is 0 Å². The summed E-state index contributed by atoms with van der Waals surface area (Å²) in [5.41, 5.74) is 3.20. The highest BCUT2D eigenvalue weighted by molar-refractivity contribution is 6.11. The van der Waals surface area contributed by atoms with Crippen LogP contribution in [-0.4, -0.2) is 22.6 Å². The van der Waals surface area contributed by atoms with Gasteiger partial charge in [-0.2, -0.15) is 0 Å². The number of hydrogen-bond acceptors (Lipinski definition) is 4. The van der Waals surface area contributed by atoms with Gasteiger partial charge in [0, 0.05) is 24.0 Å². The molecule has 0 unspecified atom stereocenters. The van der Waals surface area contributed by atoms with Crippen molar-refractivity contribution in [1.29, 1.82) is 0 Å². The van der Waals surface area contributed by atoms with E-state index < -0.39 is 0 Å². The smallest absolute Gasteiger partial charge is 0.224 e. The molecule has 142 valence electrons. The lowest BCUT2D eigenvalue weighted by Gasteiger charge is -2.31. The van der Waals surface area contributed by atoms with Gasteiger partial charge in [-0.25, -0.2) is 9.37 Å². The van der Waals surface area contributed by atoms with Crippen molar-refractivity contribution in [2.75, 3.05) is 11.4 Å². The number of ether oxygens (including phenoxy) is 1. The molecule has 5 nitrogen and oxygen atoms in total. The maximum atomic E-state index is 13.9. The van der Waals surface area contributed by atoms with E-state index in [1.807, 2.05) is 23.1 Å². The number of benzene rings is 2. The zero-order valence-corrected chi connectivity index (χ0v) is 15.3. The number of nitrogens with zero attached hydrogens (tertiary/aromatic N) is 3. The molecule has 2 heterocycles. The second kappa shape index (κ2) is 8.08. The molecule has 1 N–H and O–H groups in total. The molecule has 4 rings (SSSR count). The van der Waals surface area contributed by atoms with E-state index in [0.29, 0.717) is 22.8 Å². The molecule has 0 atom stereocenters. The van der Waals surface area contributed by atoms with Crippen molar-refractivity contribution in [1.82, 2.24) is 4.98 Å². The molecule has 0 amide bonds. The van der Waals surface area contributed by atoms with Crippen LogP contribution < -0.4 is 9.64 Å². The summed E-state index contributed by atoms with van der Waals surface area (Å²) in [6, 6.07) is 18.1. The summed E-state index contributed by atoms with van der Waals surface area (Å²) in [4.78, 5) is 6.24. The van der Waals surface area contributed by atoms with Crippen LogP contribution >= 0.6 is 0 Å². The zero-order chi connectivity index (χ0) is 19.3. The van der Waals surface area contributed by atoms with Gasteiger partial charge in [-0.3, -0.25) is 0 Å². The van der Waals surface area contributed by atoms with E-state index in [1.54, 1.807) is 36.5 Å². The van der Waals surface area contributed by atoms with Gasteiger partial charge in [0.05, 0.1) is 5.56 Å². The number of anilines is 1. The molecule has 0 saturated carbocycles. The predicted octanol–water partition coefficient (Wildman–Crippen LogP) is 4.39. The standard InChI is InChI=1S/C22H20FN3O2/c23-19-11-3-1-8-17(19)15-28-22-18(10-5-13-24-22)21(25-27)26-14-6-9-16-7-2-4-12-20(16)26/h1-5,7-8,10-13,27H,6,9,14-15H2/b25-21-. The monoisotopic (exact) mass is 377 g/mol. The fraction of sp³-hybridized carbons (Fsp3) is 0.182. The Kier molecular flexibility index (Phi) is 5.19. The minimum atomic E-state index is -0.332. The van der Waals surface area contributed by atoms with Crippen LogP contribution in [0.4, 0.5) is 10.1 Å². The first-order valence-electron chi connectivity index (χ1n) is 9.17. The van der Waals surface area contributed by atoms with Gasteiger partial charge < -0.3 is 14.8 Å². The second-order valence-electron chi connectivity index (χ2n) is 6.54. The average Bonchev–Trinajstić information content (AvgIpc) is 2.75. The topological polar surface area (TPSA) is 58.0 Å². The number of aromatic nitrogens is 1. The summed E-state index contributed by atoms with van der Waals surface area (Å²) in [7, 11) is 0. The molecule has 0 bridgehead atoms. The van der Waals surface area contributed by atoms with Crippen LogP contribution in [0.3, 0.4) is 0 Å². The fourth-order valence-electron chi connectivity index (χ4n) is 3.44. The molecule has 0 saturated heterocycles. The summed E-state index contributed by atoms with van der Waals surface area (Å²) in [5.74, 6) is 0.325. The molecule has 0 fully saturated rings. The third-order valence-corrected chi connectivity index (χ3v) is 4.79. The number of pyridine rings is 1. The number of oxime groups is 1. The van der Waals surface area contributed by atoms with Gasteiger partial charge in [-0.05, 0) is 42.7 Å². The number of fused-ring (bicyclic) bond motifs is 1. The zero-order valence-electron chi connectivity index (χ0n) is 15.3. The lowest BCUT2D eigenvalue weighted by atomic mass is 10.0. The van der Waals surface area contributed by atoms with E-state index >= 15 is 0 Å². The van der Waals surface area contributed by atoms with Crippen molar-refractivity contribution in [3.8, 4) is 5.88 Å². The lowest BCUT2D eigenvalue weighted by molar-refractivity contribution is 0.286. The summed E-state index contributed by atoms with van der Waals surface area (Å²) >= 11 is 0. The Bertz CT molecular complexity index is 1010. The van der Waals surface area contributed by atoms with Crippen molar-refractivity contribution in [2.45, 2.75) is 19.4 Å². The van der Waals surface area contributed by atoms with Crippen LogP contribution in [0.1, 0.15) is 23.1 Å². The molecule has 0 aliphatic carbocycles. The Morgan fingerprint density at radius 1 is 1.11 bits per heavy atom. The van der Waals surface area contributed by atoms with Crippen molar-refractivity contribution < 1.29 is 14.3 Å². The summed E-state index contributed by atoms with van der Waals surface area (Å²) in [6.07, 6.45) is 3.52. The average molecular weight is 377 g/mol. The number of rotatable bonds is 4. The van der Waals surface area contributed by atoms with Crippen LogP contribution in [-0.2, 0) is 13.0 Å². The number of halogens is 1. The number of amidine groups is 1. The molecule has 6 heteroatoms. The number of para-hydroxylation sites is 1. The first kappa shape index (κ1) is 18.0. The van der Waals surface area contributed by atoms with Crippen LogP contribution in [0, 0.1) is 5.82 Å². The molecular weight excluding hydrogens is 357 g/mol. The van der Waals surface area contributed by atoms with Crippen LogP contribution in [0.15, 0.2) is 72.0 Å². The molecule has 0 radical (unpaired) electrons. The first-order chi connectivity index (χ1) is 13.8. The van der Waals surface area contributed by atoms with Crippen LogP contribution in [0.5, 0.6) is 5.88 Å². The molecule has 1 aromatic heterocycles. The number of hydrogen-bond donors (Lipinski definition) is 1. The SMILES string of the molecule is O/N=C(/c1cccnc1OCc1ccccc1F)N1CCCc2ccccc21. The predicted molar refractivity (Wildman–Crippen MR) is 105 cm³/mol. The fourth-order valence-corrected chi connectivity index (χ4v) is 3.44. The van der Waals surface area contributed by atoms with Gasteiger partial charge in [-0.15, -0.1) is 0 Å². The molecule has 3 aromatic rings. The van der Waals surface area contributed by atoms with E-state index in [-0.39, 0.29) is 12.4 Å². The summed E-state index contributed by atoms with van der Waals surface area (Å²) in [6.45, 7) is 0.754. The summed E-state index contributed by atoms with van der Waals surface area (Å²) in [5, 5.41) is 13.4. The minimum absolute atomic E-state index is 0.0337. The van der Waals surface area contributed by atoms with Crippen molar-refractivity contribution in [3.05, 3.63) is 89.4 Å². The van der Waals surface area contributed by atoms with Crippen molar-refractivity contribution in [2.24, 2.45) is 5.16 Å². The third-order valence-electron chi connectivity index (χ3n) is 4.79. The van der Waals surface area contributed by atoms with Gasteiger partial charge in [0.15, 0.2) is 5.84 Å². The molecule has 2 aromatic carbocycles. The lowest BCUT2D eigenvalue weighted by Crippen LogP contribution is -2.36. The largest absolute Gasteiger partial charge is 0.472 e. The van der Waals surface area contributed by atoms with Gasteiger partial charge in [0.1, 0.15) is 12.4 Å². The Balaban J connectivity index is 1.65. The maximum absolute atomic E-state index is 13.9. The highest BCUT2D eigenvalue weighted by Gasteiger charge is 2.25. The molecule has 28 heavy (non-hydrogen) atoms. The highest BCUT2D eigenvalue weighted by atomic mass is 19.1. The first-order valence-corrected chi connectivity index (χ1v) is 9.17. The second-order valence-corrected chi connectivity index (χ2v) is 6.54. The van der Waals surface area contributed by atoms with Gasteiger partial charge in [0.2, 0.25) is 5.88 Å². The maximum Gasteiger partial charge on any atom is 0.224 e. The molecule has 1 aliphatic heterocycles. The normalized spacial score (nSPS) is 13.9. The molecule has 1 aliphatic rings. The van der Waals surface area contributed by atoms with Gasteiger partial charge in [0.25, 0.3) is 0 Å². The quantitative estimate of drug-likeness (QED) is 0.317. The Labute approximate surface area is 162 Å². The van der Waals surface area contributed by atoms with Crippen LogP contribution in [0.2, 0.25) is 0 Å². The Morgan fingerprint density at radius 3 is 2.79 bits per heavy atom. The molecular formula is C22H20FN3O2. The van der Waals surface area contributed by atoms with E-state index in [4.69, 9.17) is 4.74 Å². The van der Waals surface area contributed by atoms with Crippen molar-refractivity contribution in [3.63, 3.8) is 0 Å². The van der Waals surface area contributed by atoms with Crippen LogP contribution in [0.25, 0.3) is 0 Å². The van der Waals surface area contributed by atoms with Crippen molar-refractivity contribution >= 4 is 11.5 Å². The Morgan fingerprint density at radius 2 is 1.93 bits per heavy atom. The third kappa shape index (κ3) is 3.53. The minimum Gasteiger partial charge on any atom is -0.472 e. The van der Waals surface area contributed by atoms with E-state index in [0.717, 1.165) is 25.1 Å². The number of aryl methyl sites for hydroxylation is 1. The van der Waals surface area contributed by atoms with E-state index in [1.165, 1.54) is 11.6 Å². The Hall–Kier alpha value is -3.41. The molecule has 0 spiro atoms. The highest BCUT2D eigenvalue weighted by Crippen LogP contribution is 2.30. The summed E-state index contributed by atoms with van der Waals surface area (Å²) < 4.78 is 19.7.